The minimum absolute atomic E-state index is 0.298. The third-order valence-corrected chi connectivity index (χ3v) is 12.6. The van der Waals surface area contributed by atoms with Crippen LogP contribution in [0, 0.1) is 17.8 Å². The average Bonchev–Trinajstić information content (AvgIpc) is 2.50. The van der Waals surface area contributed by atoms with Crippen LogP contribution in [0.1, 0.15) is 89.0 Å². The van der Waals surface area contributed by atoms with Gasteiger partial charge in [-0.2, -0.15) is 0 Å². The minimum atomic E-state index is -1.76. The van der Waals surface area contributed by atoms with Crippen LogP contribution in [-0.2, 0) is 13.9 Å². The number of hydrogen-bond donors (Lipinski definition) is 0. The van der Waals surface area contributed by atoms with E-state index in [0.29, 0.717) is 40.5 Å². The van der Waals surface area contributed by atoms with Gasteiger partial charge in [0.05, 0.1) is 12.7 Å². The van der Waals surface area contributed by atoms with Gasteiger partial charge in [0, 0.05) is 12.5 Å². The van der Waals surface area contributed by atoms with Gasteiger partial charge in [0.15, 0.2) is 14.1 Å². The lowest BCUT2D eigenvalue weighted by Crippen LogP contribution is -2.48. The molecule has 27 heavy (non-hydrogen) atoms. The maximum Gasteiger partial charge on any atom is 0.200 e. The summed E-state index contributed by atoms with van der Waals surface area (Å²) < 4.78 is 18.8. The number of rotatable bonds is 10. The van der Waals surface area contributed by atoms with Crippen molar-refractivity contribution in [1.82, 2.24) is 0 Å². The van der Waals surface area contributed by atoms with Crippen LogP contribution in [0.2, 0.25) is 16.6 Å². The molecular formula is C23H48O3Si. The summed E-state index contributed by atoms with van der Waals surface area (Å²) in [5.74, 6) is 1.25. The summed E-state index contributed by atoms with van der Waals surface area (Å²) in [6.45, 7) is 26.9. The van der Waals surface area contributed by atoms with Crippen LogP contribution in [-0.4, -0.2) is 33.4 Å². The molecule has 0 N–H and O–H groups in total. The second kappa shape index (κ2) is 10.2. The Morgan fingerprint density at radius 3 is 1.93 bits per heavy atom. The molecule has 0 aromatic rings. The molecule has 162 valence electrons. The monoisotopic (exact) mass is 400 g/mol. The number of ether oxygens (including phenoxy) is 2. The van der Waals surface area contributed by atoms with Crippen LogP contribution >= 0.6 is 0 Å². The molecule has 4 atom stereocenters. The molecule has 3 nitrogen and oxygen atoms in total. The van der Waals surface area contributed by atoms with Crippen molar-refractivity contribution in [2.24, 2.45) is 17.8 Å². The molecule has 1 aliphatic rings. The van der Waals surface area contributed by atoms with E-state index in [-0.39, 0.29) is 0 Å². The van der Waals surface area contributed by atoms with E-state index in [0.717, 1.165) is 19.6 Å². The summed E-state index contributed by atoms with van der Waals surface area (Å²) >= 11 is 0. The zero-order valence-electron chi connectivity index (χ0n) is 20.1. The molecule has 0 bridgehead atoms. The van der Waals surface area contributed by atoms with Gasteiger partial charge in [-0.1, -0.05) is 62.3 Å². The lowest BCUT2D eigenvalue weighted by Gasteiger charge is -2.43. The minimum Gasteiger partial charge on any atom is -0.416 e. The SMILES string of the molecule is CC(C)[Si](OC[C@H](C)C[C@H](C)C[C@H]1OC(C)(C)OC[C@@H]1C)(C(C)C)C(C)C. The molecule has 1 aliphatic heterocycles. The van der Waals surface area contributed by atoms with Gasteiger partial charge in [-0.25, -0.2) is 0 Å². The number of hydrogen-bond acceptors (Lipinski definition) is 3. The van der Waals surface area contributed by atoms with E-state index in [1.807, 2.05) is 13.8 Å². The van der Waals surface area contributed by atoms with E-state index in [2.05, 4.69) is 62.3 Å². The van der Waals surface area contributed by atoms with Crippen LogP contribution < -0.4 is 0 Å². The van der Waals surface area contributed by atoms with Crippen molar-refractivity contribution in [3.05, 3.63) is 0 Å². The van der Waals surface area contributed by atoms with E-state index < -0.39 is 14.1 Å². The van der Waals surface area contributed by atoms with Crippen LogP contribution in [0.4, 0.5) is 0 Å². The van der Waals surface area contributed by atoms with Crippen LogP contribution in [0.3, 0.4) is 0 Å². The predicted octanol–water partition coefficient (Wildman–Crippen LogP) is 7.02. The van der Waals surface area contributed by atoms with Gasteiger partial charge < -0.3 is 13.9 Å². The second-order valence-electron chi connectivity index (χ2n) is 10.7. The molecule has 0 radical (unpaired) electrons. The molecule has 0 saturated carbocycles. The lowest BCUT2D eigenvalue weighted by molar-refractivity contribution is -0.293. The van der Waals surface area contributed by atoms with Gasteiger partial charge in [-0.3, -0.25) is 0 Å². The Labute approximate surface area is 171 Å². The summed E-state index contributed by atoms with van der Waals surface area (Å²) in [7, 11) is -1.76. The highest BCUT2D eigenvalue weighted by atomic mass is 28.4. The van der Waals surface area contributed by atoms with Gasteiger partial charge >= 0.3 is 0 Å². The smallest absolute Gasteiger partial charge is 0.200 e. The van der Waals surface area contributed by atoms with Crippen molar-refractivity contribution >= 4 is 8.32 Å². The third-order valence-electron chi connectivity index (χ3n) is 6.53. The third kappa shape index (κ3) is 6.83. The quantitative estimate of drug-likeness (QED) is 0.369. The summed E-state index contributed by atoms with van der Waals surface area (Å²) in [4.78, 5) is 0. The Bertz CT molecular complexity index is 412. The first-order valence-electron chi connectivity index (χ1n) is 11.3. The molecule has 0 aromatic heterocycles. The largest absolute Gasteiger partial charge is 0.416 e. The molecule has 1 fully saturated rings. The Hall–Kier alpha value is 0.0969. The van der Waals surface area contributed by atoms with Crippen molar-refractivity contribution in [3.8, 4) is 0 Å². The second-order valence-corrected chi connectivity index (χ2v) is 16.1. The van der Waals surface area contributed by atoms with E-state index >= 15 is 0 Å². The summed E-state index contributed by atoms with van der Waals surface area (Å²) in [5.41, 5.74) is 1.96. The fourth-order valence-electron chi connectivity index (χ4n) is 5.27. The van der Waals surface area contributed by atoms with E-state index in [9.17, 15) is 0 Å². The molecule has 0 unspecified atom stereocenters. The highest BCUT2D eigenvalue weighted by Gasteiger charge is 2.45. The van der Waals surface area contributed by atoms with Gasteiger partial charge in [0.1, 0.15) is 0 Å². The Kier molecular flexibility index (Phi) is 9.52. The topological polar surface area (TPSA) is 27.7 Å². The molecular weight excluding hydrogens is 352 g/mol. The van der Waals surface area contributed by atoms with Gasteiger partial charge in [0.25, 0.3) is 0 Å². The first-order valence-corrected chi connectivity index (χ1v) is 13.4. The zero-order valence-corrected chi connectivity index (χ0v) is 21.1. The van der Waals surface area contributed by atoms with Crippen molar-refractivity contribution in [2.45, 2.75) is 118 Å². The molecule has 0 amide bonds. The van der Waals surface area contributed by atoms with Crippen LogP contribution in [0.5, 0.6) is 0 Å². The highest BCUT2D eigenvalue weighted by Crippen LogP contribution is 2.42. The normalized spacial score (nSPS) is 26.0. The molecule has 1 rings (SSSR count). The lowest BCUT2D eigenvalue weighted by atomic mass is 9.88. The van der Waals surface area contributed by atoms with Crippen LogP contribution in [0.25, 0.3) is 0 Å². The van der Waals surface area contributed by atoms with Gasteiger partial charge in [-0.15, -0.1) is 0 Å². The summed E-state index contributed by atoms with van der Waals surface area (Å²) in [6, 6.07) is 0. The van der Waals surface area contributed by atoms with E-state index in [4.69, 9.17) is 13.9 Å². The Morgan fingerprint density at radius 2 is 1.44 bits per heavy atom. The fourth-order valence-corrected chi connectivity index (χ4v) is 10.8. The first-order chi connectivity index (χ1) is 12.3. The standard InChI is InChI=1S/C23H48O3Si/c1-16(2)27(17(3)4,18(5)6)25-14-20(8)12-19(7)13-22-21(9)15-24-23(10,11)26-22/h16-22H,12-15H2,1-11H3/t19-,20+,21-,22+/m0/s1. The van der Waals surface area contributed by atoms with Gasteiger partial charge in [0.2, 0.25) is 0 Å². The molecule has 4 heteroatoms. The highest BCUT2D eigenvalue weighted by molar-refractivity contribution is 6.77. The first kappa shape index (κ1) is 25.1. The van der Waals surface area contributed by atoms with E-state index in [1.165, 1.54) is 6.42 Å². The van der Waals surface area contributed by atoms with Gasteiger partial charge in [-0.05, 0) is 55.1 Å². The zero-order chi connectivity index (χ0) is 21.0. The predicted molar refractivity (Wildman–Crippen MR) is 119 cm³/mol. The Balaban J connectivity index is 2.59. The van der Waals surface area contributed by atoms with Crippen molar-refractivity contribution in [3.63, 3.8) is 0 Å². The van der Waals surface area contributed by atoms with Crippen LogP contribution in [0.15, 0.2) is 0 Å². The molecule has 1 saturated heterocycles. The molecule has 0 aliphatic carbocycles. The molecule has 0 spiro atoms. The van der Waals surface area contributed by atoms with Crippen molar-refractivity contribution in [2.75, 3.05) is 13.2 Å². The summed E-state index contributed by atoms with van der Waals surface area (Å²) in [6.07, 6.45) is 2.61. The van der Waals surface area contributed by atoms with Crippen molar-refractivity contribution in [1.29, 1.82) is 0 Å². The summed E-state index contributed by atoms with van der Waals surface area (Å²) in [5, 5.41) is 0. The fraction of sp³-hybridized carbons (Fsp3) is 1.00. The molecule has 1 heterocycles. The Morgan fingerprint density at radius 1 is 0.926 bits per heavy atom. The van der Waals surface area contributed by atoms with E-state index in [1.54, 1.807) is 0 Å². The maximum absolute atomic E-state index is 6.81. The van der Waals surface area contributed by atoms with Crippen molar-refractivity contribution < 1.29 is 13.9 Å². The molecule has 0 aromatic carbocycles. The average molecular weight is 401 g/mol. The maximum atomic E-state index is 6.81.